The van der Waals surface area contributed by atoms with Crippen LogP contribution in [0.4, 0.5) is 4.79 Å². The Morgan fingerprint density at radius 2 is 1.48 bits per heavy atom. The van der Waals surface area contributed by atoms with Crippen LogP contribution in [0.2, 0.25) is 0 Å². The van der Waals surface area contributed by atoms with Gasteiger partial charge in [-0.25, -0.2) is 9.59 Å². The Bertz CT molecular complexity index is 828. The second-order valence-corrected chi connectivity index (χ2v) is 6.84. The van der Waals surface area contributed by atoms with E-state index in [-0.39, 0.29) is 6.61 Å². The van der Waals surface area contributed by atoms with Gasteiger partial charge in [0.15, 0.2) is 0 Å². The monoisotopic (exact) mass is 468 g/mol. The van der Waals surface area contributed by atoms with Gasteiger partial charge in [0.1, 0.15) is 18.7 Å². The molecule has 0 aromatic heterocycles. The van der Waals surface area contributed by atoms with Gasteiger partial charge in [-0.3, -0.25) is 14.4 Å². The topological polar surface area (TPSA) is 167 Å². The van der Waals surface area contributed by atoms with Gasteiger partial charge in [-0.2, -0.15) is 0 Å². The minimum absolute atomic E-state index is 0.0881. The molecule has 12 nitrogen and oxygen atoms in total. The van der Waals surface area contributed by atoms with Crippen LogP contribution in [0, 0.1) is 5.92 Å². The molecule has 0 aliphatic carbocycles. The van der Waals surface area contributed by atoms with Crippen LogP contribution >= 0.6 is 0 Å². The number of aliphatic hydroxyl groups is 1. The van der Waals surface area contributed by atoms with Crippen LogP contribution in [-0.4, -0.2) is 74.5 Å². The Morgan fingerprint density at radius 3 is 2.00 bits per heavy atom. The average Bonchev–Trinajstić information content (AvgIpc) is 2.82. The summed E-state index contributed by atoms with van der Waals surface area (Å²) in [5.41, 5.74) is 0.695. The fraction of sp³-hybridized carbons (Fsp3) is 0.476. The number of nitrogens with one attached hydrogen (secondary N) is 2. The lowest BCUT2D eigenvalue weighted by Crippen LogP contribution is -2.58. The van der Waals surface area contributed by atoms with Gasteiger partial charge in [-0.15, -0.1) is 0 Å². The van der Waals surface area contributed by atoms with Crippen molar-refractivity contribution >= 4 is 29.9 Å². The number of aliphatic hydroxyl groups excluding tert-OH is 1. The molecule has 0 bridgehead atoms. The molecule has 0 saturated carbocycles. The van der Waals surface area contributed by atoms with E-state index in [0.717, 1.165) is 21.3 Å². The molecule has 0 aliphatic heterocycles. The van der Waals surface area contributed by atoms with Crippen LogP contribution in [0.1, 0.15) is 18.9 Å². The van der Waals surface area contributed by atoms with Gasteiger partial charge in [0.05, 0.1) is 39.8 Å². The first-order chi connectivity index (χ1) is 15.6. The number of esters is 3. The molecule has 0 spiro atoms. The fourth-order valence-corrected chi connectivity index (χ4v) is 2.74. The van der Waals surface area contributed by atoms with Gasteiger partial charge in [0.25, 0.3) is 0 Å². The van der Waals surface area contributed by atoms with E-state index in [1.165, 1.54) is 6.92 Å². The van der Waals surface area contributed by atoms with E-state index in [4.69, 9.17) is 4.74 Å². The normalized spacial score (nSPS) is 14.0. The Balaban J connectivity index is 2.97. The third kappa shape index (κ3) is 8.77. The summed E-state index contributed by atoms with van der Waals surface area (Å²) in [5.74, 6) is -5.41. The summed E-state index contributed by atoms with van der Waals surface area (Å²) in [6.07, 6.45) is -3.02. The molecule has 1 rings (SSSR count). The van der Waals surface area contributed by atoms with Crippen LogP contribution in [-0.2, 0) is 44.7 Å². The molecule has 12 heteroatoms. The van der Waals surface area contributed by atoms with Crippen molar-refractivity contribution < 1.29 is 48.0 Å². The molecule has 1 aromatic rings. The molecular weight excluding hydrogens is 440 g/mol. The van der Waals surface area contributed by atoms with Crippen LogP contribution in [0.3, 0.4) is 0 Å². The largest absolute Gasteiger partial charge is 0.469 e. The maximum absolute atomic E-state index is 12.8. The number of rotatable bonds is 11. The number of alkyl carbamates (subject to hydrolysis) is 1. The molecule has 0 saturated heterocycles. The number of hydrogen-bond acceptors (Lipinski definition) is 10. The molecular formula is C21H28N2O10. The number of ether oxygens (including phenoxy) is 4. The van der Waals surface area contributed by atoms with Crippen molar-refractivity contribution in [2.24, 2.45) is 5.92 Å². The van der Waals surface area contributed by atoms with Gasteiger partial charge in [0, 0.05) is 0 Å². The Kier molecular flexibility index (Phi) is 11.3. The van der Waals surface area contributed by atoms with Crippen molar-refractivity contribution in [1.82, 2.24) is 10.6 Å². The summed E-state index contributed by atoms with van der Waals surface area (Å²) < 4.78 is 18.8. The van der Waals surface area contributed by atoms with Crippen molar-refractivity contribution in [3.63, 3.8) is 0 Å². The fourth-order valence-electron chi connectivity index (χ4n) is 2.74. The average molecular weight is 468 g/mol. The third-order valence-corrected chi connectivity index (χ3v) is 4.52. The maximum Gasteiger partial charge on any atom is 0.408 e. The van der Waals surface area contributed by atoms with Crippen LogP contribution in [0.5, 0.6) is 0 Å². The smallest absolute Gasteiger partial charge is 0.408 e. The van der Waals surface area contributed by atoms with Crippen LogP contribution in [0.15, 0.2) is 30.3 Å². The molecule has 182 valence electrons. The lowest BCUT2D eigenvalue weighted by atomic mass is 9.95. The number of amides is 2. The van der Waals surface area contributed by atoms with Crippen molar-refractivity contribution in [1.29, 1.82) is 0 Å². The lowest BCUT2D eigenvalue weighted by Gasteiger charge is -2.27. The second kappa shape index (κ2) is 13.7. The second-order valence-electron chi connectivity index (χ2n) is 6.84. The number of carbonyl (C=O) groups is 5. The minimum atomic E-state index is -1.67. The number of methoxy groups -OCH3 is 3. The predicted octanol–water partition coefficient (Wildman–Crippen LogP) is -0.328. The van der Waals surface area contributed by atoms with E-state index in [1.54, 1.807) is 30.3 Å². The van der Waals surface area contributed by atoms with Gasteiger partial charge in [0.2, 0.25) is 5.91 Å². The highest BCUT2D eigenvalue weighted by atomic mass is 16.6. The summed E-state index contributed by atoms with van der Waals surface area (Å²) in [4.78, 5) is 61.1. The van der Waals surface area contributed by atoms with Crippen molar-refractivity contribution in [3.8, 4) is 0 Å². The van der Waals surface area contributed by atoms with Gasteiger partial charge >= 0.3 is 24.0 Å². The number of benzene rings is 1. The Morgan fingerprint density at radius 1 is 0.879 bits per heavy atom. The molecule has 1 aromatic carbocycles. The number of carbonyl (C=O) groups excluding carboxylic acids is 5. The molecule has 0 unspecified atom stereocenters. The molecule has 33 heavy (non-hydrogen) atoms. The molecule has 4 atom stereocenters. The first-order valence-electron chi connectivity index (χ1n) is 9.82. The van der Waals surface area contributed by atoms with Crippen molar-refractivity contribution in [2.75, 3.05) is 21.3 Å². The van der Waals surface area contributed by atoms with E-state index >= 15 is 0 Å². The highest BCUT2D eigenvalue weighted by Gasteiger charge is 2.40. The summed E-state index contributed by atoms with van der Waals surface area (Å²) in [6.45, 7) is 1.14. The van der Waals surface area contributed by atoms with E-state index < -0.39 is 60.4 Å². The quantitative estimate of drug-likeness (QED) is 0.289. The summed E-state index contributed by atoms with van der Waals surface area (Å²) >= 11 is 0. The zero-order valence-electron chi connectivity index (χ0n) is 18.7. The third-order valence-electron chi connectivity index (χ3n) is 4.52. The molecule has 2 amide bonds. The van der Waals surface area contributed by atoms with Crippen LogP contribution in [0.25, 0.3) is 0 Å². The molecule has 0 fully saturated rings. The Hall–Kier alpha value is -3.67. The van der Waals surface area contributed by atoms with Crippen molar-refractivity contribution in [3.05, 3.63) is 35.9 Å². The lowest BCUT2D eigenvalue weighted by molar-refractivity contribution is -0.159. The first-order valence-corrected chi connectivity index (χ1v) is 9.82. The van der Waals surface area contributed by atoms with Gasteiger partial charge < -0.3 is 34.7 Å². The van der Waals surface area contributed by atoms with Gasteiger partial charge in [-0.05, 0) is 12.5 Å². The van der Waals surface area contributed by atoms with E-state index in [1.807, 2.05) is 0 Å². The first kappa shape index (κ1) is 27.4. The van der Waals surface area contributed by atoms with Crippen molar-refractivity contribution in [2.45, 2.75) is 38.1 Å². The van der Waals surface area contributed by atoms with E-state index in [9.17, 15) is 29.1 Å². The Labute approximate surface area is 190 Å². The molecule has 0 aliphatic rings. The van der Waals surface area contributed by atoms with E-state index in [2.05, 4.69) is 24.8 Å². The summed E-state index contributed by atoms with van der Waals surface area (Å²) in [6, 6.07) is 5.51. The molecule has 3 N–H and O–H groups in total. The maximum atomic E-state index is 12.8. The van der Waals surface area contributed by atoms with E-state index in [0.29, 0.717) is 5.56 Å². The zero-order valence-corrected chi connectivity index (χ0v) is 18.7. The molecule has 0 heterocycles. The minimum Gasteiger partial charge on any atom is -0.469 e. The SMILES string of the molecule is COC(=O)C[C@H](C(=O)OC)[C@H](NC(=O)[C@@H](NC(=O)OCc1ccccc1)[C@@H](C)O)C(=O)OC. The number of hydrogen-bond donors (Lipinski definition) is 3. The standard InChI is InChI=1S/C21H28N2O10/c1-12(24)16(23-21(29)33-11-13-8-6-5-7-9-13)18(26)22-17(20(28)32-4)14(19(27)31-3)10-15(25)30-2/h5-9,12,14,16-17,24H,10-11H2,1-4H3,(H,22,26)(H,23,29)/t12-,14+,16+,17+/m1/s1. The zero-order chi connectivity index (χ0) is 25.0. The van der Waals surface area contributed by atoms with Crippen LogP contribution < -0.4 is 10.6 Å². The highest BCUT2D eigenvalue weighted by molar-refractivity contribution is 5.93. The van der Waals surface area contributed by atoms with Gasteiger partial charge in [-0.1, -0.05) is 30.3 Å². The predicted molar refractivity (Wildman–Crippen MR) is 111 cm³/mol. The summed E-state index contributed by atoms with van der Waals surface area (Å²) in [7, 11) is 3.13. The highest BCUT2D eigenvalue weighted by Crippen LogP contribution is 2.15. The molecule has 0 radical (unpaired) electrons. The summed E-state index contributed by atoms with van der Waals surface area (Å²) in [5, 5.41) is 14.4.